The third-order valence-electron chi connectivity index (χ3n) is 1.48. The lowest BCUT2D eigenvalue weighted by atomic mass is 10.1. The van der Waals surface area contributed by atoms with Gasteiger partial charge < -0.3 is 5.73 Å². The Bertz CT molecular complexity index is 192. The van der Waals surface area contributed by atoms with Crippen molar-refractivity contribution in [2.75, 3.05) is 6.54 Å². The molecule has 3 heteroatoms. The summed E-state index contributed by atoms with van der Waals surface area (Å²) < 4.78 is 0. The summed E-state index contributed by atoms with van der Waals surface area (Å²) >= 11 is 0. The van der Waals surface area contributed by atoms with Crippen molar-refractivity contribution >= 4 is 6.21 Å². The van der Waals surface area contributed by atoms with E-state index in [0.717, 1.165) is 19.4 Å². The van der Waals surface area contributed by atoms with Crippen molar-refractivity contribution in [3.8, 4) is 0 Å². The first-order chi connectivity index (χ1) is 5.43. The Kier molecular flexibility index (Phi) is 3.41. The van der Waals surface area contributed by atoms with Gasteiger partial charge in [0.2, 0.25) is 0 Å². The molecule has 3 N–H and O–H groups in total. The van der Waals surface area contributed by atoms with Crippen LogP contribution in [0, 0.1) is 0 Å². The minimum atomic E-state index is 0.746. The zero-order chi connectivity index (χ0) is 7.94. The van der Waals surface area contributed by atoms with Crippen LogP contribution in [0.4, 0.5) is 0 Å². The quantitative estimate of drug-likeness (QED) is 0.625. The lowest BCUT2D eigenvalue weighted by Gasteiger charge is -1.96. The molecular formula is C8H13N3. The van der Waals surface area contributed by atoms with Crippen LogP contribution in [0.15, 0.2) is 29.0 Å². The SMILES string of the molecule is NCCCC1=CC=NNC=C1. The molecule has 0 aromatic rings. The van der Waals surface area contributed by atoms with E-state index in [1.165, 1.54) is 5.57 Å². The summed E-state index contributed by atoms with van der Waals surface area (Å²) in [7, 11) is 0. The van der Waals surface area contributed by atoms with Gasteiger partial charge in [0.1, 0.15) is 0 Å². The lowest BCUT2D eigenvalue weighted by Crippen LogP contribution is -1.98. The van der Waals surface area contributed by atoms with Crippen molar-refractivity contribution < 1.29 is 0 Å². The van der Waals surface area contributed by atoms with Crippen LogP contribution in [0.1, 0.15) is 12.8 Å². The van der Waals surface area contributed by atoms with E-state index in [4.69, 9.17) is 5.73 Å². The molecule has 60 valence electrons. The van der Waals surface area contributed by atoms with Crippen LogP contribution in [-0.4, -0.2) is 12.8 Å². The van der Waals surface area contributed by atoms with Crippen molar-refractivity contribution in [3.05, 3.63) is 23.9 Å². The fourth-order valence-corrected chi connectivity index (χ4v) is 0.892. The monoisotopic (exact) mass is 151 g/mol. The molecule has 0 unspecified atom stereocenters. The molecule has 0 atom stereocenters. The van der Waals surface area contributed by atoms with Gasteiger partial charge in [-0.3, -0.25) is 5.43 Å². The third kappa shape index (κ3) is 3.00. The highest BCUT2D eigenvalue weighted by Gasteiger charge is 1.91. The summed E-state index contributed by atoms with van der Waals surface area (Å²) in [5, 5.41) is 3.86. The van der Waals surface area contributed by atoms with E-state index in [9.17, 15) is 0 Å². The molecule has 0 bridgehead atoms. The van der Waals surface area contributed by atoms with Crippen molar-refractivity contribution in [2.45, 2.75) is 12.8 Å². The van der Waals surface area contributed by atoms with E-state index in [1.54, 1.807) is 6.21 Å². The summed E-state index contributed by atoms with van der Waals surface area (Å²) in [6.07, 6.45) is 9.65. The first-order valence-corrected chi connectivity index (χ1v) is 3.78. The molecule has 11 heavy (non-hydrogen) atoms. The van der Waals surface area contributed by atoms with E-state index in [2.05, 4.69) is 10.5 Å². The highest BCUT2D eigenvalue weighted by molar-refractivity contribution is 5.73. The predicted octanol–water partition coefficient (Wildman–Crippen LogP) is 0.754. The van der Waals surface area contributed by atoms with Crippen LogP contribution in [0.5, 0.6) is 0 Å². The molecule has 0 saturated carbocycles. The van der Waals surface area contributed by atoms with Gasteiger partial charge in [-0.05, 0) is 37.1 Å². The Morgan fingerprint density at radius 2 is 2.45 bits per heavy atom. The zero-order valence-electron chi connectivity index (χ0n) is 6.46. The Hall–Kier alpha value is -1.09. The first kappa shape index (κ1) is 8.01. The first-order valence-electron chi connectivity index (χ1n) is 3.78. The van der Waals surface area contributed by atoms with Crippen LogP contribution < -0.4 is 11.2 Å². The molecule has 0 aromatic carbocycles. The third-order valence-corrected chi connectivity index (χ3v) is 1.48. The Morgan fingerprint density at radius 1 is 1.55 bits per heavy atom. The number of hydrogen-bond donors (Lipinski definition) is 2. The van der Waals surface area contributed by atoms with Crippen LogP contribution in [0.25, 0.3) is 0 Å². The summed E-state index contributed by atoms with van der Waals surface area (Å²) in [6.45, 7) is 0.746. The van der Waals surface area contributed by atoms with E-state index >= 15 is 0 Å². The van der Waals surface area contributed by atoms with Gasteiger partial charge in [-0.2, -0.15) is 5.10 Å². The second kappa shape index (κ2) is 4.68. The second-order valence-electron chi connectivity index (χ2n) is 2.37. The van der Waals surface area contributed by atoms with E-state index in [0.29, 0.717) is 0 Å². The highest BCUT2D eigenvalue weighted by Crippen LogP contribution is 2.05. The summed E-state index contributed by atoms with van der Waals surface area (Å²) in [5.41, 5.74) is 9.41. The van der Waals surface area contributed by atoms with Gasteiger partial charge in [-0.15, -0.1) is 0 Å². The van der Waals surface area contributed by atoms with Gasteiger partial charge in [0.15, 0.2) is 0 Å². The molecular weight excluding hydrogens is 138 g/mol. The number of nitrogens with two attached hydrogens (primary N) is 1. The Labute approximate surface area is 66.7 Å². The Morgan fingerprint density at radius 3 is 3.27 bits per heavy atom. The predicted molar refractivity (Wildman–Crippen MR) is 47.1 cm³/mol. The van der Waals surface area contributed by atoms with Crippen LogP contribution >= 0.6 is 0 Å². The molecule has 1 aliphatic rings. The summed E-state index contributed by atoms with van der Waals surface area (Å²) in [6, 6.07) is 0. The van der Waals surface area contributed by atoms with Gasteiger partial charge in [0, 0.05) is 12.4 Å². The smallest absolute Gasteiger partial charge is 0.0474 e. The topological polar surface area (TPSA) is 50.4 Å². The highest BCUT2D eigenvalue weighted by atomic mass is 15.3. The fraction of sp³-hybridized carbons (Fsp3) is 0.375. The van der Waals surface area contributed by atoms with E-state index in [-0.39, 0.29) is 0 Å². The van der Waals surface area contributed by atoms with Gasteiger partial charge in [0.05, 0.1) is 0 Å². The molecule has 1 aliphatic heterocycles. The van der Waals surface area contributed by atoms with Gasteiger partial charge in [-0.1, -0.05) is 0 Å². The van der Waals surface area contributed by atoms with E-state index < -0.39 is 0 Å². The fourth-order valence-electron chi connectivity index (χ4n) is 0.892. The maximum atomic E-state index is 5.38. The molecule has 0 fully saturated rings. The lowest BCUT2D eigenvalue weighted by molar-refractivity contribution is 0.835. The summed E-state index contributed by atoms with van der Waals surface area (Å²) in [4.78, 5) is 0. The van der Waals surface area contributed by atoms with Crippen molar-refractivity contribution in [1.82, 2.24) is 5.43 Å². The number of rotatable bonds is 3. The normalized spacial score (nSPS) is 15.5. The van der Waals surface area contributed by atoms with Gasteiger partial charge >= 0.3 is 0 Å². The average Bonchev–Trinajstić information content (AvgIpc) is 2.28. The molecule has 0 saturated heterocycles. The maximum Gasteiger partial charge on any atom is 0.0474 e. The molecule has 1 heterocycles. The maximum absolute atomic E-state index is 5.38. The number of hydrazone groups is 1. The molecule has 0 spiro atoms. The summed E-state index contributed by atoms with van der Waals surface area (Å²) in [5.74, 6) is 0. The average molecular weight is 151 g/mol. The largest absolute Gasteiger partial charge is 0.330 e. The van der Waals surface area contributed by atoms with Crippen LogP contribution in [0.2, 0.25) is 0 Å². The second-order valence-corrected chi connectivity index (χ2v) is 2.37. The molecule has 1 rings (SSSR count). The van der Waals surface area contributed by atoms with Crippen LogP contribution in [0.3, 0.4) is 0 Å². The van der Waals surface area contributed by atoms with E-state index in [1.807, 2.05) is 18.4 Å². The van der Waals surface area contributed by atoms with Crippen molar-refractivity contribution in [2.24, 2.45) is 10.8 Å². The van der Waals surface area contributed by atoms with Crippen molar-refractivity contribution in [3.63, 3.8) is 0 Å². The molecule has 0 amide bonds. The molecule has 0 aromatic heterocycles. The van der Waals surface area contributed by atoms with Crippen LogP contribution in [-0.2, 0) is 0 Å². The van der Waals surface area contributed by atoms with Crippen molar-refractivity contribution in [1.29, 1.82) is 0 Å². The van der Waals surface area contributed by atoms with Gasteiger partial charge in [-0.25, -0.2) is 0 Å². The molecule has 0 radical (unpaired) electrons. The minimum Gasteiger partial charge on any atom is -0.330 e. The standard InChI is InChI=1S/C8H13N3/c9-5-1-2-8-3-6-10-11-7-4-8/h3-4,6-7,10H,1-2,5,9H2. The number of nitrogens with zero attached hydrogens (tertiary/aromatic N) is 1. The molecule has 0 aliphatic carbocycles. The molecule has 3 nitrogen and oxygen atoms in total. The minimum absolute atomic E-state index is 0.746. The van der Waals surface area contributed by atoms with Gasteiger partial charge in [0.25, 0.3) is 0 Å². The number of hydrogen-bond acceptors (Lipinski definition) is 3. The number of allylic oxidation sites excluding steroid dienone is 3. The zero-order valence-corrected chi connectivity index (χ0v) is 6.46. The number of nitrogens with one attached hydrogen (secondary N) is 1. The Balaban J connectivity index is 2.42.